The summed E-state index contributed by atoms with van der Waals surface area (Å²) in [5.41, 5.74) is 7.86. The lowest BCUT2D eigenvalue weighted by atomic mass is 10.2. The van der Waals surface area contributed by atoms with Gasteiger partial charge in [0.05, 0.1) is 0 Å². The van der Waals surface area contributed by atoms with E-state index in [4.69, 9.17) is 10.8 Å². The predicted octanol–water partition coefficient (Wildman–Crippen LogP) is 2.27. The third kappa shape index (κ3) is 3.60. The standard InChI is InChI=1S/C11H17NOS/c1-9(6-7-13)14-8-10-4-2-3-5-11(10)12/h2-5,9,13H,6-8,12H2,1H3. The van der Waals surface area contributed by atoms with E-state index in [1.54, 1.807) is 0 Å². The second kappa shape index (κ2) is 5.94. The molecule has 1 aromatic rings. The minimum atomic E-state index is 0.262. The quantitative estimate of drug-likeness (QED) is 0.734. The Hall–Kier alpha value is -0.670. The van der Waals surface area contributed by atoms with Gasteiger partial charge in [-0.25, -0.2) is 0 Å². The normalized spacial score (nSPS) is 12.7. The molecule has 1 aromatic carbocycles. The Morgan fingerprint density at radius 1 is 1.43 bits per heavy atom. The Bertz CT molecular complexity index is 278. The SMILES string of the molecule is CC(CCO)SCc1ccccc1N. The molecule has 0 spiro atoms. The summed E-state index contributed by atoms with van der Waals surface area (Å²) < 4.78 is 0. The molecule has 0 aromatic heterocycles. The third-order valence-electron chi connectivity index (χ3n) is 2.11. The fourth-order valence-electron chi connectivity index (χ4n) is 1.16. The van der Waals surface area contributed by atoms with Gasteiger partial charge in [-0.1, -0.05) is 25.1 Å². The van der Waals surface area contributed by atoms with Crippen molar-refractivity contribution in [2.75, 3.05) is 12.3 Å². The van der Waals surface area contributed by atoms with Crippen molar-refractivity contribution in [2.45, 2.75) is 24.3 Å². The zero-order chi connectivity index (χ0) is 10.4. The van der Waals surface area contributed by atoms with Crippen LogP contribution in [0.5, 0.6) is 0 Å². The average molecular weight is 211 g/mol. The molecule has 0 bridgehead atoms. The van der Waals surface area contributed by atoms with E-state index >= 15 is 0 Å². The number of nitrogen functional groups attached to an aromatic ring is 1. The highest BCUT2D eigenvalue weighted by Crippen LogP contribution is 2.22. The van der Waals surface area contributed by atoms with Gasteiger partial charge in [0, 0.05) is 23.3 Å². The van der Waals surface area contributed by atoms with E-state index in [1.165, 1.54) is 5.56 Å². The Labute approximate surface area is 89.5 Å². The molecule has 0 fully saturated rings. The minimum absolute atomic E-state index is 0.262. The van der Waals surface area contributed by atoms with Gasteiger partial charge in [0.15, 0.2) is 0 Å². The number of para-hydroxylation sites is 1. The van der Waals surface area contributed by atoms with Crippen molar-refractivity contribution in [1.82, 2.24) is 0 Å². The molecule has 14 heavy (non-hydrogen) atoms. The molecule has 1 unspecified atom stereocenters. The summed E-state index contributed by atoms with van der Waals surface area (Å²) in [7, 11) is 0. The highest BCUT2D eigenvalue weighted by molar-refractivity contribution is 7.99. The van der Waals surface area contributed by atoms with Crippen LogP contribution in [0.2, 0.25) is 0 Å². The first-order valence-corrected chi connectivity index (χ1v) is 5.84. The third-order valence-corrected chi connectivity index (χ3v) is 3.40. The van der Waals surface area contributed by atoms with E-state index < -0.39 is 0 Å². The van der Waals surface area contributed by atoms with E-state index in [-0.39, 0.29) is 6.61 Å². The highest BCUT2D eigenvalue weighted by atomic mass is 32.2. The lowest BCUT2D eigenvalue weighted by Crippen LogP contribution is -2.01. The first-order valence-electron chi connectivity index (χ1n) is 4.80. The average Bonchev–Trinajstić information content (AvgIpc) is 2.17. The number of aliphatic hydroxyl groups is 1. The van der Waals surface area contributed by atoms with Gasteiger partial charge in [-0.15, -0.1) is 0 Å². The molecule has 78 valence electrons. The van der Waals surface area contributed by atoms with Crippen LogP contribution in [-0.4, -0.2) is 17.0 Å². The molecule has 3 heteroatoms. The van der Waals surface area contributed by atoms with Crippen LogP contribution in [0.15, 0.2) is 24.3 Å². The van der Waals surface area contributed by atoms with Crippen LogP contribution in [0.4, 0.5) is 5.69 Å². The Morgan fingerprint density at radius 2 is 2.14 bits per heavy atom. The zero-order valence-electron chi connectivity index (χ0n) is 8.44. The van der Waals surface area contributed by atoms with E-state index in [0.29, 0.717) is 5.25 Å². The number of nitrogens with two attached hydrogens (primary N) is 1. The van der Waals surface area contributed by atoms with Crippen molar-refractivity contribution in [3.05, 3.63) is 29.8 Å². The molecule has 0 aliphatic heterocycles. The molecule has 0 radical (unpaired) electrons. The number of hydrogen-bond acceptors (Lipinski definition) is 3. The van der Waals surface area contributed by atoms with Crippen molar-refractivity contribution < 1.29 is 5.11 Å². The number of rotatable bonds is 5. The van der Waals surface area contributed by atoms with Crippen LogP contribution in [0.3, 0.4) is 0 Å². The van der Waals surface area contributed by atoms with Gasteiger partial charge in [-0.05, 0) is 18.1 Å². The molecule has 0 saturated heterocycles. The summed E-state index contributed by atoms with van der Waals surface area (Å²) in [6.45, 7) is 2.39. The summed E-state index contributed by atoms with van der Waals surface area (Å²) >= 11 is 1.83. The fourth-order valence-corrected chi connectivity index (χ4v) is 2.16. The minimum Gasteiger partial charge on any atom is -0.398 e. The molecule has 1 atom stereocenters. The van der Waals surface area contributed by atoms with Crippen molar-refractivity contribution in [3.63, 3.8) is 0 Å². The molecular weight excluding hydrogens is 194 g/mol. The maximum absolute atomic E-state index is 8.75. The number of aliphatic hydroxyl groups excluding tert-OH is 1. The van der Waals surface area contributed by atoms with Gasteiger partial charge in [0.1, 0.15) is 0 Å². The summed E-state index contributed by atoms with van der Waals surface area (Å²) in [4.78, 5) is 0. The van der Waals surface area contributed by atoms with Crippen LogP contribution in [0.1, 0.15) is 18.9 Å². The van der Waals surface area contributed by atoms with Crippen LogP contribution >= 0.6 is 11.8 Å². The largest absolute Gasteiger partial charge is 0.398 e. The zero-order valence-corrected chi connectivity index (χ0v) is 9.26. The fraction of sp³-hybridized carbons (Fsp3) is 0.455. The number of benzene rings is 1. The first-order chi connectivity index (χ1) is 6.74. The number of hydrogen-bond donors (Lipinski definition) is 2. The van der Waals surface area contributed by atoms with Gasteiger partial charge in [-0.3, -0.25) is 0 Å². The maximum Gasteiger partial charge on any atom is 0.0441 e. The smallest absolute Gasteiger partial charge is 0.0441 e. The van der Waals surface area contributed by atoms with Crippen molar-refractivity contribution in [1.29, 1.82) is 0 Å². The monoisotopic (exact) mass is 211 g/mol. The van der Waals surface area contributed by atoms with Gasteiger partial charge >= 0.3 is 0 Å². The van der Waals surface area contributed by atoms with Crippen LogP contribution in [-0.2, 0) is 5.75 Å². The molecule has 0 heterocycles. The van der Waals surface area contributed by atoms with E-state index in [1.807, 2.05) is 36.0 Å². The van der Waals surface area contributed by atoms with Gasteiger partial charge in [0.2, 0.25) is 0 Å². The molecule has 0 aliphatic carbocycles. The van der Waals surface area contributed by atoms with Crippen molar-refractivity contribution in [3.8, 4) is 0 Å². The topological polar surface area (TPSA) is 46.2 Å². The maximum atomic E-state index is 8.75. The summed E-state index contributed by atoms with van der Waals surface area (Å²) in [6, 6.07) is 7.92. The summed E-state index contributed by atoms with van der Waals surface area (Å²) in [6.07, 6.45) is 0.845. The number of thioether (sulfide) groups is 1. The van der Waals surface area contributed by atoms with Crippen LogP contribution in [0.25, 0.3) is 0 Å². The highest BCUT2D eigenvalue weighted by Gasteiger charge is 2.03. The summed E-state index contributed by atoms with van der Waals surface area (Å²) in [5.74, 6) is 0.924. The number of anilines is 1. The second-order valence-corrected chi connectivity index (χ2v) is 4.76. The first kappa shape index (κ1) is 11.4. The lowest BCUT2D eigenvalue weighted by Gasteiger charge is -2.10. The van der Waals surface area contributed by atoms with Crippen LogP contribution < -0.4 is 5.73 Å². The summed E-state index contributed by atoms with van der Waals surface area (Å²) in [5, 5.41) is 9.24. The molecular formula is C11H17NOS. The van der Waals surface area contributed by atoms with Gasteiger partial charge in [0.25, 0.3) is 0 Å². The van der Waals surface area contributed by atoms with Crippen LogP contribution in [0, 0.1) is 0 Å². The predicted molar refractivity (Wildman–Crippen MR) is 63.3 cm³/mol. The van der Waals surface area contributed by atoms with Gasteiger partial charge in [-0.2, -0.15) is 11.8 Å². The Kier molecular flexibility index (Phi) is 4.84. The van der Waals surface area contributed by atoms with Crippen molar-refractivity contribution in [2.24, 2.45) is 0 Å². The van der Waals surface area contributed by atoms with Crippen molar-refractivity contribution >= 4 is 17.4 Å². The lowest BCUT2D eigenvalue weighted by molar-refractivity contribution is 0.289. The molecule has 1 rings (SSSR count). The second-order valence-electron chi connectivity index (χ2n) is 3.33. The molecule has 0 saturated carbocycles. The van der Waals surface area contributed by atoms with E-state index in [2.05, 4.69) is 6.92 Å². The van der Waals surface area contributed by atoms with E-state index in [9.17, 15) is 0 Å². The van der Waals surface area contributed by atoms with E-state index in [0.717, 1.165) is 17.9 Å². The van der Waals surface area contributed by atoms with Gasteiger partial charge < -0.3 is 10.8 Å². The Balaban J connectivity index is 2.41. The molecule has 0 amide bonds. The Morgan fingerprint density at radius 3 is 2.79 bits per heavy atom. The molecule has 3 N–H and O–H groups in total. The molecule has 0 aliphatic rings. The molecule has 2 nitrogen and oxygen atoms in total.